The van der Waals surface area contributed by atoms with Crippen molar-refractivity contribution in [1.29, 1.82) is 0 Å². The fraction of sp³-hybridized carbons (Fsp3) is 0.483. The number of fused-ring (bicyclic) bond motifs is 1. The largest absolute Gasteiger partial charge is 0.486 e. The van der Waals surface area contributed by atoms with E-state index in [1.165, 1.54) is 4.90 Å². The van der Waals surface area contributed by atoms with Crippen LogP contribution in [-0.4, -0.2) is 81.8 Å². The Bertz CT molecular complexity index is 1350. The molecule has 41 heavy (non-hydrogen) atoms. The average Bonchev–Trinajstić information content (AvgIpc) is 3.54. The van der Waals surface area contributed by atoms with Gasteiger partial charge in [-0.2, -0.15) is 4.98 Å². The van der Waals surface area contributed by atoms with Crippen molar-refractivity contribution in [3.8, 4) is 17.4 Å². The summed E-state index contributed by atoms with van der Waals surface area (Å²) < 4.78 is 13.1. The van der Waals surface area contributed by atoms with Gasteiger partial charge in [0.2, 0.25) is 11.9 Å². The summed E-state index contributed by atoms with van der Waals surface area (Å²) >= 11 is 0. The van der Waals surface area contributed by atoms with Crippen LogP contribution in [0.15, 0.2) is 43.0 Å². The maximum atomic E-state index is 13.8. The van der Waals surface area contributed by atoms with Gasteiger partial charge in [-0.1, -0.05) is 26.8 Å². The molecule has 2 aromatic heterocycles. The number of rotatable bonds is 9. The number of aromatic nitrogens is 4. The van der Waals surface area contributed by atoms with E-state index in [1.807, 2.05) is 37.4 Å². The fourth-order valence-corrected chi connectivity index (χ4v) is 4.90. The van der Waals surface area contributed by atoms with Crippen LogP contribution in [0.4, 0.5) is 10.6 Å². The third-order valence-electron chi connectivity index (χ3n) is 7.12. The van der Waals surface area contributed by atoms with Crippen LogP contribution in [0.3, 0.4) is 0 Å². The maximum absolute atomic E-state index is 13.8. The van der Waals surface area contributed by atoms with Crippen LogP contribution < -0.4 is 25.0 Å². The summed E-state index contributed by atoms with van der Waals surface area (Å²) in [6.07, 6.45) is 6.08. The highest BCUT2D eigenvalue weighted by atomic mass is 16.6. The number of benzene rings is 1. The van der Waals surface area contributed by atoms with Crippen LogP contribution >= 0.6 is 0 Å². The second-order valence-corrected chi connectivity index (χ2v) is 10.5. The topological polar surface area (TPSA) is 127 Å². The van der Waals surface area contributed by atoms with E-state index < -0.39 is 6.03 Å². The van der Waals surface area contributed by atoms with Gasteiger partial charge in [-0.25, -0.2) is 14.8 Å². The fourth-order valence-electron chi connectivity index (χ4n) is 4.90. The van der Waals surface area contributed by atoms with Crippen LogP contribution in [0.25, 0.3) is 5.95 Å². The second kappa shape index (κ2) is 13.0. The molecule has 0 aliphatic carbocycles. The number of hydrogen-bond donors (Lipinski definition) is 2. The Balaban J connectivity index is 1.39. The molecule has 0 saturated carbocycles. The lowest BCUT2D eigenvalue weighted by Gasteiger charge is -2.38. The molecule has 1 saturated heterocycles. The number of piperazine rings is 1. The first-order valence-electron chi connectivity index (χ1n) is 14.2. The summed E-state index contributed by atoms with van der Waals surface area (Å²) in [7, 11) is 0. The molecule has 1 aromatic carbocycles. The molecule has 5 rings (SSSR count). The molecule has 12 nitrogen and oxygen atoms in total. The molecule has 4 heterocycles. The number of carbonyl (C=O) groups is 2. The van der Waals surface area contributed by atoms with E-state index in [0.717, 1.165) is 30.0 Å². The zero-order chi connectivity index (χ0) is 28.8. The molecule has 2 aliphatic rings. The summed E-state index contributed by atoms with van der Waals surface area (Å²) in [5.41, 5.74) is 1.69. The van der Waals surface area contributed by atoms with Crippen molar-refractivity contribution >= 4 is 17.8 Å². The Morgan fingerprint density at radius 3 is 2.76 bits per heavy atom. The van der Waals surface area contributed by atoms with Crippen molar-refractivity contribution in [3.63, 3.8) is 0 Å². The van der Waals surface area contributed by atoms with Crippen molar-refractivity contribution in [3.05, 3.63) is 54.2 Å². The van der Waals surface area contributed by atoms with Crippen LogP contribution in [-0.2, 0) is 11.3 Å². The molecule has 1 fully saturated rings. The molecule has 3 aromatic rings. The molecule has 1 unspecified atom stereocenters. The number of nitrogens with one attached hydrogen (secondary N) is 2. The average molecular weight is 563 g/mol. The van der Waals surface area contributed by atoms with Gasteiger partial charge in [-0.05, 0) is 30.0 Å². The highest BCUT2D eigenvalue weighted by Crippen LogP contribution is 2.31. The Morgan fingerprint density at radius 1 is 1.17 bits per heavy atom. The zero-order valence-corrected chi connectivity index (χ0v) is 23.9. The standard InChI is InChI=1S/C29H38N8O4/c1-4-7-32-29(39)37(18-21-5-6-24-25(14-21)41-13-12-40-24)27(38)15-22-17-30-9-11-36(22)26-16-23(20(2)3)33-28(34-26)35-10-8-31-19-35/h5-6,8,10,14,16,19-20,22,30H,4,7,9,11-13,15,17-18H2,1-3H3,(H,32,39). The maximum Gasteiger partial charge on any atom is 0.324 e. The second-order valence-electron chi connectivity index (χ2n) is 10.5. The number of nitrogens with zero attached hydrogens (tertiary/aromatic N) is 6. The number of anilines is 1. The van der Waals surface area contributed by atoms with Crippen molar-refractivity contribution in [1.82, 2.24) is 35.1 Å². The normalized spacial score (nSPS) is 16.5. The predicted molar refractivity (Wildman–Crippen MR) is 154 cm³/mol. The van der Waals surface area contributed by atoms with Crippen molar-refractivity contribution in [2.75, 3.05) is 44.3 Å². The Morgan fingerprint density at radius 2 is 2.00 bits per heavy atom. The smallest absolute Gasteiger partial charge is 0.324 e. The van der Waals surface area contributed by atoms with Gasteiger partial charge in [-0.15, -0.1) is 0 Å². The van der Waals surface area contributed by atoms with Gasteiger partial charge < -0.3 is 25.0 Å². The van der Waals surface area contributed by atoms with Gasteiger partial charge in [0.1, 0.15) is 25.4 Å². The number of hydrogen-bond acceptors (Lipinski definition) is 9. The lowest BCUT2D eigenvalue weighted by Crippen LogP contribution is -2.54. The monoisotopic (exact) mass is 562 g/mol. The first-order chi connectivity index (χ1) is 19.9. The van der Waals surface area contributed by atoms with Crippen molar-refractivity contribution in [2.45, 2.75) is 52.1 Å². The molecular formula is C29H38N8O4. The molecule has 0 spiro atoms. The molecule has 1 atom stereocenters. The highest BCUT2D eigenvalue weighted by Gasteiger charge is 2.31. The van der Waals surface area contributed by atoms with Gasteiger partial charge in [0.25, 0.3) is 0 Å². The van der Waals surface area contributed by atoms with E-state index in [2.05, 4.69) is 34.4 Å². The van der Waals surface area contributed by atoms with Gasteiger partial charge in [0, 0.05) is 51.1 Å². The third kappa shape index (κ3) is 6.76. The lowest BCUT2D eigenvalue weighted by atomic mass is 10.1. The van der Waals surface area contributed by atoms with Crippen LogP contribution in [0.2, 0.25) is 0 Å². The molecule has 2 aliphatic heterocycles. The lowest BCUT2D eigenvalue weighted by molar-refractivity contribution is -0.129. The number of amides is 3. The number of imidazole rings is 1. The van der Waals surface area contributed by atoms with E-state index in [-0.39, 0.29) is 30.8 Å². The van der Waals surface area contributed by atoms with E-state index in [9.17, 15) is 9.59 Å². The zero-order valence-electron chi connectivity index (χ0n) is 23.9. The minimum absolute atomic E-state index is 0.126. The molecule has 218 valence electrons. The van der Waals surface area contributed by atoms with Crippen molar-refractivity contribution in [2.24, 2.45) is 0 Å². The van der Waals surface area contributed by atoms with Crippen LogP contribution in [0.5, 0.6) is 11.5 Å². The Labute approximate surface area is 240 Å². The minimum Gasteiger partial charge on any atom is -0.486 e. The molecule has 3 amide bonds. The van der Waals surface area contributed by atoms with E-state index >= 15 is 0 Å². The van der Waals surface area contributed by atoms with Gasteiger partial charge >= 0.3 is 6.03 Å². The van der Waals surface area contributed by atoms with Gasteiger partial charge in [-0.3, -0.25) is 14.3 Å². The predicted octanol–water partition coefficient (Wildman–Crippen LogP) is 2.87. The minimum atomic E-state index is -0.409. The summed E-state index contributed by atoms with van der Waals surface area (Å²) in [5, 5.41) is 6.27. The Kier molecular flexibility index (Phi) is 8.98. The van der Waals surface area contributed by atoms with Crippen LogP contribution in [0.1, 0.15) is 50.8 Å². The Hall–Kier alpha value is -4.19. The summed E-state index contributed by atoms with van der Waals surface area (Å²) in [6.45, 7) is 9.73. The number of imide groups is 1. The molecule has 12 heteroatoms. The SMILES string of the molecule is CCCNC(=O)N(Cc1ccc2c(c1)OCCO2)C(=O)CC1CNCCN1c1cc(C(C)C)nc(-n2ccnc2)n1. The van der Waals surface area contributed by atoms with E-state index in [4.69, 9.17) is 19.4 Å². The summed E-state index contributed by atoms with van der Waals surface area (Å²) in [5.74, 6) is 2.49. The first-order valence-corrected chi connectivity index (χ1v) is 14.2. The van der Waals surface area contributed by atoms with E-state index in [0.29, 0.717) is 50.3 Å². The van der Waals surface area contributed by atoms with Gasteiger partial charge in [0.15, 0.2) is 11.5 Å². The first kappa shape index (κ1) is 28.3. The third-order valence-corrected chi connectivity index (χ3v) is 7.12. The summed E-state index contributed by atoms with van der Waals surface area (Å²) in [4.78, 5) is 44.2. The molecular weight excluding hydrogens is 524 g/mol. The molecule has 0 bridgehead atoms. The quantitative estimate of drug-likeness (QED) is 0.405. The van der Waals surface area contributed by atoms with Crippen molar-refractivity contribution < 1.29 is 19.1 Å². The number of urea groups is 1. The summed E-state index contributed by atoms with van der Waals surface area (Å²) in [6, 6.07) is 6.90. The van der Waals surface area contributed by atoms with E-state index in [1.54, 1.807) is 17.1 Å². The van der Waals surface area contributed by atoms with Crippen LogP contribution in [0, 0.1) is 0 Å². The number of ether oxygens (including phenoxy) is 2. The van der Waals surface area contributed by atoms with Gasteiger partial charge in [0.05, 0.1) is 18.3 Å². The highest BCUT2D eigenvalue weighted by molar-refractivity contribution is 5.94. The molecule has 2 N–H and O–H groups in total. The number of carbonyl (C=O) groups excluding carboxylic acids is 2. The molecule has 0 radical (unpaired) electrons.